The zero-order valence-electron chi connectivity index (χ0n) is 8.63. The Labute approximate surface area is 80.8 Å². The van der Waals surface area contributed by atoms with Crippen molar-refractivity contribution in [1.29, 1.82) is 0 Å². The summed E-state index contributed by atoms with van der Waals surface area (Å²) in [5, 5.41) is 3.31. The van der Waals surface area contributed by atoms with Gasteiger partial charge in [-0.25, -0.2) is 8.42 Å². The second-order valence-corrected chi connectivity index (χ2v) is 6.75. The molecule has 1 saturated carbocycles. The van der Waals surface area contributed by atoms with E-state index < -0.39 is 9.84 Å². The predicted octanol–water partition coefficient (Wildman–Crippen LogP) is 0.809. The molecule has 78 valence electrons. The van der Waals surface area contributed by atoms with Gasteiger partial charge in [0.05, 0.1) is 5.75 Å². The first-order valence-electron chi connectivity index (χ1n) is 4.74. The normalized spacial score (nSPS) is 20.6. The van der Waals surface area contributed by atoms with Crippen LogP contribution in [-0.2, 0) is 9.84 Å². The van der Waals surface area contributed by atoms with Crippen LogP contribution in [0.15, 0.2) is 0 Å². The fraction of sp³-hybridized carbons (Fsp3) is 1.00. The van der Waals surface area contributed by atoms with Crippen LogP contribution < -0.4 is 5.32 Å². The molecule has 0 heterocycles. The number of rotatable bonds is 5. The van der Waals surface area contributed by atoms with Crippen LogP contribution in [0.2, 0.25) is 0 Å². The SMILES string of the molecule is CC(C)NCC1(CS(C)(=O)=O)CC1. The van der Waals surface area contributed by atoms with Crippen molar-refractivity contribution in [3.8, 4) is 0 Å². The summed E-state index contributed by atoms with van der Waals surface area (Å²) >= 11 is 0. The van der Waals surface area contributed by atoms with Crippen molar-refractivity contribution < 1.29 is 8.42 Å². The number of hydrogen-bond acceptors (Lipinski definition) is 3. The summed E-state index contributed by atoms with van der Waals surface area (Å²) in [5.74, 6) is 0.347. The van der Waals surface area contributed by atoms with Crippen molar-refractivity contribution in [3.05, 3.63) is 0 Å². The van der Waals surface area contributed by atoms with E-state index in [2.05, 4.69) is 19.2 Å². The Morgan fingerprint density at radius 3 is 2.23 bits per heavy atom. The van der Waals surface area contributed by atoms with E-state index in [1.807, 2.05) is 0 Å². The summed E-state index contributed by atoms with van der Waals surface area (Å²) in [4.78, 5) is 0. The summed E-state index contributed by atoms with van der Waals surface area (Å²) in [6, 6.07) is 0.442. The highest BCUT2D eigenvalue weighted by Crippen LogP contribution is 2.46. The third kappa shape index (κ3) is 4.09. The van der Waals surface area contributed by atoms with Crippen LogP contribution in [0.1, 0.15) is 26.7 Å². The van der Waals surface area contributed by atoms with Gasteiger partial charge in [0, 0.05) is 18.8 Å². The van der Waals surface area contributed by atoms with Crippen molar-refractivity contribution >= 4 is 9.84 Å². The number of hydrogen-bond donors (Lipinski definition) is 1. The monoisotopic (exact) mass is 205 g/mol. The van der Waals surface area contributed by atoms with Crippen LogP contribution in [0, 0.1) is 5.41 Å². The van der Waals surface area contributed by atoms with Crippen molar-refractivity contribution in [2.75, 3.05) is 18.6 Å². The van der Waals surface area contributed by atoms with Crippen LogP contribution in [-0.4, -0.2) is 33.0 Å². The van der Waals surface area contributed by atoms with E-state index in [9.17, 15) is 8.42 Å². The lowest BCUT2D eigenvalue weighted by atomic mass is 10.1. The van der Waals surface area contributed by atoms with Gasteiger partial charge in [-0.2, -0.15) is 0 Å². The highest BCUT2D eigenvalue weighted by molar-refractivity contribution is 7.90. The van der Waals surface area contributed by atoms with E-state index in [-0.39, 0.29) is 5.41 Å². The molecular weight excluding hydrogens is 186 g/mol. The zero-order chi connectivity index (χ0) is 10.1. The molecule has 0 aromatic rings. The Morgan fingerprint density at radius 2 is 1.92 bits per heavy atom. The molecule has 13 heavy (non-hydrogen) atoms. The van der Waals surface area contributed by atoms with Gasteiger partial charge in [-0.1, -0.05) is 13.8 Å². The lowest BCUT2D eigenvalue weighted by Gasteiger charge is -2.16. The van der Waals surface area contributed by atoms with Crippen molar-refractivity contribution in [1.82, 2.24) is 5.32 Å². The first-order chi connectivity index (χ1) is 5.83. The minimum absolute atomic E-state index is 0.0673. The van der Waals surface area contributed by atoms with Gasteiger partial charge in [-0.05, 0) is 18.3 Å². The Morgan fingerprint density at radius 1 is 1.38 bits per heavy atom. The molecule has 1 rings (SSSR count). The quantitative estimate of drug-likeness (QED) is 0.722. The minimum Gasteiger partial charge on any atom is -0.314 e. The Bertz CT molecular complexity index is 265. The molecule has 4 heteroatoms. The van der Waals surface area contributed by atoms with Crippen molar-refractivity contribution in [2.45, 2.75) is 32.7 Å². The summed E-state index contributed by atoms with van der Waals surface area (Å²) < 4.78 is 22.2. The fourth-order valence-electron chi connectivity index (χ4n) is 1.53. The van der Waals surface area contributed by atoms with E-state index in [0.717, 1.165) is 19.4 Å². The smallest absolute Gasteiger partial charge is 0.148 e. The van der Waals surface area contributed by atoms with E-state index >= 15 is 0 Å². The largest absolute Gasteiger partial charge is 0.314 e. The van der Waals surface area contributed by atoms with Gasteiger partial charge < -0.3 is 5.32 Å². The number of sulfone groups is 1. The van der Waals surface area contributed by atoms with Gasteiger partial charge in [0.15, 0.2) is 0 Å². The highest BCUT2D eigenvalue weighted by atomic mass is 32.2. The molecule has 0 aromatic carbocycles. The molecular formula is C9H19NO2S. The average Bonchev–Trinajstić information content (AvgIpc) is 2.62. The Balaban J connectivity index is 2.40. The number of nitrogens with one attached hydrogen (secondary N) is 1. The van der Waals surface area contributed by atoms with Gasteiger partial charge >= 0.3 is 0 Å². The molecule has 0 atom stereocenters. The Hall–Kier alpha value is -0.0900. The molecule has 1 N–H and O–H groups in total. The zero-order valence-corrected chi connectivity index (χ0v) is 9.45. The van der Waals surface area contributed by atoms with Crippen LogP contribution in [0.25, 0.3) is 0 Å². The molecule has 3 nitrogen and oxygen atoms in total. The summed E-state index contributed by atoms with van der Waals surface area (Å²) in [6.07, 6.45) is 3.43. The van der Waals surface area contributed by atoms with Crippen LogP contribution in [0.4, 0.5) is 0 Å². The van der Waals surface area contributed by atoms with E-state index in [4.69, 9.17) is 0 Å². The maximum atomic E-state index is 11.1. The van der Waals surface area contributed by atoms with Crippen LogP contribution >= 0.6 is 0 Å². The van der Waals surface area contributed by atoms with E-state index in [0.29, 0.717) is 11.8 Å². The molecule has 0 spiro atoms. The molecule has 0 radical (unpaired) electrons. The molecule has 1 aliphatic carbocycles. The van der Waals surface area contributed by atoms with Gasteiger partial charge in [-0.15, -0.1) is 0 Å². The van der Waals surface area contributed by atoms with Crippen molar-refractivity contribution in [3.63, 3.8) is 0 Å². The standard InChI is InChI=1S/C9H19NO2S/c1-8(2)10-6-9(4-5-9)7-13(3,11)12/h8,10H,4-7H2,1-3H3. The predicted molar refractivity (Wildman–Crippen MR) is 54.5 cm³/mol. The van der Waals surface area contributed by atoms with Crippen molar-refractivity contribution in [2.24, 2.45) is 5.41 Å². The maximum absolute atomic E-state index is 11.1. The molecule has 0 aromatic heterocycles. The molecule has 0 aliphatic heterocycles. The summed E-state index contributed by atoms with van der Waals surface area (Å²) in [5.41, 5.74) is 0.0673. The van der Waals surface area contributed by atoms with Gasteiger partial charge in [0.1, 0.15) is 9.84 Å². The van der Waals surface area contributed by atoms with Gasteiger partial charge in [0.25, 0.3) is 0 Å². The second-order valence-electron chi connectivity index (χ2n) is 4.61. The highest BCUT2D eigenvalue weighted by Gasteiger charge is 2.44. The molecule has 1 fully saturated rings. The topological polar surface area (TPSA) is 46.2 Å². The molecule has 1 aliphatic rings. The summed E-state index contributed by atoms with van der Waals surface area (Å²) in [7, 11) is -2.81. The molecule has 0 amide bonds. The van der Waals surface area contributed by atoms with Gasteiger partial charge in [-0.3, -0.25) is 0 Å². The lowest BCUT2D eigenvalue weighted by Crippen LogP contribution is -2.33. The van der Waals surface area contributed by atoms with Gasteiger partial charge in [0.2, 0.25) is 0 Å². The maximum Gasteiger partial charge on any atom is 0.148 e. The third-order valence-electron chi connectivity index (χ3n) is 2.41. The average molecular weight is 205 g/mol. The molecule has 0 bridgehead atoms. The first kappa shape index (κ1) is 11.0. The van der Waals surface area contributed by atoms with Crippen LogP contribution in [0.5, 0.6) is 0 Å². The summed E-state index contributed by atoms with van der Waals surface area (Å²) in [6.45, 7) is 5.00. The second kappa shape index (κ2) is 3.58. The third-order valence-corrected chi connectivity index (χ3v) is 3.55. The molecule has 0 saturated heterocycles. The van der Waals surface area contributed by atoms with E-state index in [1.165, 1.54) is 6.26 Å². The van der Waals surface area contributed by atoms with Crippen LogP contribution in [0.3, 0.4) is 0 Å². The first-order valence-corrected chi connectivity index (χ1v) is 6.80. The fourth-order valence-corrected chi connectivity index (χ4v) is 3.03. The lowest BCUT2D eigenvalue weighted by molar-refractivity contribution is 0.461. The molecule has 0 unspecified atom stereocenters. The minimum atomic E-state index is -2.81. The van der Waals surface area contributed by atoms with E-state index in [1.54, 1.807) is 0 Å². The Kier molecular flexibility index (Phi) is 3.02.